The van der Waals surface area contributed by atoms with Crippen LogP contribution in [0.5, 0.6) is 0 Å². The zero-order chi connectivity index (χ0) is 29.0. The van der Waals surface area contributed by atoms with E-state index in [2.05, 4.69) is 5.10 Å². The Labute approximate surface area is 231 Å². The van der Waals surface area contributed by atoms with Gasteiger partial charge in [-0.15, -0.1) is 0 Å². The van der Waals surface area contributed by atoms with Gasteiger partial charge in [-0.25, -0.2) is 9.18 Å². The first-order valence-corrected chi connectivity index (χ1v) is 13.0. The van der Waals surface area contributed by atoms with Crippen molar-refractivity contribution < 1.29 is 23.8 Å². The van der Waals surface area contributed by atoms with Crippen LogP contribution < -0.4 is 0 Å². The van der Waals surface area contributed by atoms with Gasteiger partial charge in [-0.3, -0.25) is 4.79 Å². The molecule has 0 atom stereocenters. The lowest BCUT2D eigenvalue weighted by Crippen LogP contribution is -2.27. The number of aliphatic hydroxyl groups is 1. The predicted octanol–water partition coefficient (Wildman–Crippen LogP) is 6.53. The van der Waals surface area contributed by atoms with Gasteiger partial charge >= 0.3 is 5.97 Å². The maximum Gasteiger partial charge on any atom is 0.337 e. The molecule has 0 saturated heterocycles. The topological polar surface area (TPSA) is 86.3 Å². The van der Waals surface area contributed by atoms with Crippen molar-refractivity contribution in [2.24, 2.45) is 5.41 Å². The number of benzene rings is 3. The van der Waals surface area contributed by atoms with E-state index >= 15 is 0 Å². The number of halogens is 1. The summed E-state index contributed by atoms with van der Waals surface area (Å²) in [5, 5.41) is 16.6. The number of hydrogen-bond acceptors (Lipinski definition) is 5. The van der Waals surface area contributed by atoms with Crippen LogP contribution in [0.1, 0.15) is 55.5 Å². The summed E-state index contributed by atoms with van der Waals surface area (Å²) in [4.78, 5) is 25.4. The molecular weight excluding hydrogens is 509 g/mol. The van der Waals surface area contributed by atoms with E-state index in [0.29, 0.717) is 11.1 Å². The lowest BCUT2D eigenvalue weighted by atomic mass is 9.84. The van der Waals surface area contributed by atoms with E-state index in [1.54, 1.807) is 30.5 Å². The van der Waals surface area contributed by atoms with Crippen LogP contribution in [0.2, 0.25) is 0 Å². The van der Waals surface area contributed by atoms with Crippen molar-refractivity contribution >= 4 is 33.7 Å². The number of carbonyl (C=O) groups excluding carboxylic acids is 2. The average molecular weight is 542 g/mol. The molecule has 5 rings (SSSR count). The van der Waals surface area contributed by atoms with E-state index in [1.165, 1.54) is 23.9 Å². The SMILES string of the molecule is COC(=O)c1ccc(-c2c(C(C)(C)CO)n(-c3ccc(F)cc3)c3cc4cnn(C(=O)C(C)(C)C)c4cc23)cc1. The Morgan fingerprint density at radius 2 is 1.60 bits per heavy atom. The van der Waals surface area contributed by atoms with Crippen molar-refractivity contribution in [3.8, 4) is 16.8 Å². The van der Waals surface area contributed by atoms with Crippen molar-refractivity contribution in [2.45, 2.75) is 40.0 Å². The van der Waals surface area contributed by atoms with E-state index in [9.17, 15) is 19.1 Å². The van der Waals surface area contributed by atoms with Crippen LogP contribution in [0.4, 0.5) is 4.39 Å². The maximum absolute atomic E-state index is 14.0. The lowest BCUT2D eigenvalue weighted by Gasteiger charge is -2.27. The van der Waals surface area contributed by atoms with Crippen molar-refractivity contribution in [1.29, 1.82) is 0 Å². The molecule has 2 aromatic heterocycles. The Kier molecular flexibility index (Phi) is 6.62. The molecule has 1 N–H and O–H groups in total. The highest BCUT2D eigenvalue weighted by Crippen LogP contribution is 2.44. The molecule has 7 nitrogen and oxygen atoms in total. The Hall–Kier alpha value is -4.30. The van der Waals surface area contributed by atoms with Gasteiger partial charge in [-0.2, -0.15) is 9.78 Å². The summed E-state index contributed by atoms with van der Waals surface area (Å²) in [5.74, 6) is -0.937. The molecule has 0 aliphatic heterocycles. The normalized spacial score (nSPS) is 12.3. The number of carbonyl (C=O) groups is 2. The molecule has 3 aromatic carbocycles. The fourth-order valence-electron chi connectivity index (χ4n) is 5.04. The summed E-state index contributed by atoms with van der Waals surface area (Å²) in [6, 6.07) is 17.2. The molecule has 0 aliphatic rings. The minimum absolute atomic E-state index is 0.139. The van der Waals surface area contributed by atoms with Crippen LogP contribution in [0.25, 0.3) is 38.6 Å². The number of rotatable bonds is 5. The Balaban J connectivity index is 1.93. The monoisotopic (exact) mass is 541 g/mol. The summed E-state index contributed by atoms with van der Waals surface area (Å²) >= 11 is 0. The van der Waals surface area contributed by atoms with Gasteiger partial charge in [0.2, 0.25) is 0 Å². The molecule has 0 fully saturated rings. The number of esters is 1. The molecule has 0 spiro atoms. The van der Waals surface area contributed by atoms with Crippen molar-refractivity contribution in [1.82, 2.24) is 14.3 Å². The van der Waals surface area contributed by atoms with Crippen LogP contribution >= 0.6 is 0 Å². The maximum atomic E-state index is 14.0. The molecule has 0 amide bonds. The molecule has 40 heavy (non-hydrogen) atoms. The van der Waals surface area contributed by atoms with E-state index in [-0.39, 0.29) is 18.3 Å². The van der Waals surface area contributed by atoms with Gasteiger partial charge in [0, 0.05) is 38.5 Å². The Bertz CT molecular complexity index is 1760. The molecule has 206 valence electrons. The third-order valence-electron chi connectivity index (χ3n) is 7.21. The third-order valence-corrected chi connectivity index (χ3v) is 7.21. The Morgan fingerprint density at radius 1 is 0.950 bits per heavy atom. The van der Waals surface area contributed by atoms with Crippen LogP contribution in [0, 0.1) is 11.2 Å². The van der Waals surface area contributed by atoms with Gasteiger partial charge in [-0.1, -0.05) is 46.8 Å². The minimum atomic E-state index is -0.733. The fourth-order valence-corrected chi connectivity index (χ4v) is 5.04. The predicted molar refractivity (Wildman–Crippen MR) is 153 cm³/mol. The first kappa shape index (κ1) is 27.3. The number of hydrogen-bond donors (Lipinski definition) is 1. The van der Waals surface area contributed by atoms with E-state index in [4.69, 9.17) is 4.74 Å². The summed E-state index contributed by atoms with van der Waals surface area (Å²) in [7, 11) is 1.34. The van der Waals surface area contributed by atoms with Crippen molar-refractivity contribution in [3.05, 3.63) is 83.9 Å². The number of nitrogens with zero attached hydrogens (tertiary/aromatic N) is 3. The second-order valence-electron chi connectivity index (χ2n) is 11.7. The summed E-state index contributed by atoms with van der Waals surface area (Å²) in [5.41, 5.74) is 3.65. The van der Waals surface area contributed by atoms with Gasteiger partial charge in [0.05, 0.1) is 36.5 Å². The van der Waals surface area contributed by atoms with Crippen LogP contribution in [-0.4, -0.2) is 45.0 Å². The molecule has 5 aromatic rings. The highest BCUT2D eigenvalue weighted by Gasteiger charge is 2.33. The van der Waals surface area contributed by atoms with E-state index < -0.39 is 16.8 Å². The molecule has 8 heteroatoms. The second-order valence-corrected chi connectivity index (χ2v) is 11.7. The summed E-state index contributed by atoms with van der Waals surface area (Å²) in [6.07, 6.45) is 1.67. The molecule has 2 heterocycles. The number of aromatic nitrogens is 3. The minimum Gasteiger partial charge on any atom is -0.465 e. The molecule has 0 unspecified atom stereocenters. The fraction of sp³-hybridized carbons (Fsp3) is 0.281. The molecule has 0 radical (unpaired) electrons. The van der Waals surface area contributed by atoms with Crippen LogP contribution in [0.15, 0.2) is 66.9 Å². The third kappa shape index (κ3) is 4.48. The largest absolute Gasteiger partial charge is 0.465 e. The van der Waals surface area contributed by atoms with Gasteiger partial charge in [0.15, 0.2) is 0 Å². The first-order chi connectivity index (χ1) is 18.9. The van der Waals surface area contributed by atoms with Gasteiger partial charge in [-0.05, 0) is 54.1 Å². The highest BCUT2D eigenvalue weighted by molar-refractivity contribution is 6.08. The lowest BCUT2D eigenvalue weighted by molar-refractivity contribution is 0.0600. The first-order valence-electron chi connectivity index (χ1n) is 13.0. The molecule has 0 saturated carbocycles. The average Bonchev–Trinajstić information content (AvgIpc) is 3.50. The highest BCUT2D eigenvalue weighted by atomic mass is 19.1. The van der Waals surface area contributed by atoms with Crippen LogP contribution in [0.3, 0.4) is 0 Å². The van der Waals surface area contributed by atoms with Crippen molar-refractivity contribution in [3.63, 3.8) is 0 Å². The Morgan fingerprint density at radius 3 is 2.17 bits per heavy atom. The number of ether oxygens (including phenoxy) is 1. The van der Waals surface area contributed by atoms with Gasteiger partial charge in [0.1, 0.15) is 5.82 Å². The smallest absolute Gasteiger partial charge is 0.337 e. The zero-order valence-electron chi connectivity index (χ0n) is 23.4. The summed E-state index contributed by atoms with van der Waals surface area (Å²) < 4.78 is 22.3. The van der Waals surface area contributed by atoms with Gasteiger partial charge < -0.3 is 14.4 Å². The summed E-state index contributed by atoms with van der Waals surface area (Å²) in [6.45, 7) is 9.28. The number of methoxy groups -OCH3 is 1. The zero-order valence-corrected chi connectivity index (χ0v) is 23.4. The quantitative estimate of drug-likeness (QED) is 0.256. The molecule has 0 bridgehead atoms. The number of aliphatic hydroxyl groups excluding tert-OH is 1. The standard InChI is InChI=1S/C32H32FN3O4/c1-31(2,3)30(39)36-25-16-24-26(15-21(25)17-34-36)35(23-13-11-22(33)12-14-23)28(32(4,5)18-37)27(24)19-7-9-20(10-8-19)29(38)40-6/h7-17,37H,18H2,1-6H3. The van der Waals surface area contributed by atoms with E-state index in [0.717, 1.165) is 38.8 Å². The van der Waals surface area contributed by atoms with Crippen LogP contribution in [-0.2, 0) is 10.2 Å². The van der Waals surface area contributed by atoms with Gasteiger partial charge in [0.25, 0.3) is 5.91 Å². The second kappa shape index (κ2) is 9.71. The number of fused-ring (bicyclic) bond motifs is 2. The van der Waals surface area contributed by atoms with E-state index in [1.807, 2.05) is 63.5 Å². The molecular formula is C32H32FN3O4. The molecule has 0 aliphatic carbocycles. The van der Waals surface area contributed by atoms with Crippen molar-refractivity contribution in [2.75, 3.05) is 13.7 Å².